The lowest BCUT2D eigenvalue weighted by molar-refractivity contribution is 0.0689. The summed E-state index contributed by atoms with van der Waals surface area (Å²) in [5.74, 6) is 0.947. The van der Waals surface area contributed by atoms with Crippen LogP contribution in [0, 0.1) is 5.92 Å². The van der Waals surface area contributed by atoms with Crippen LogP contribution in [0.15, 0.2) is 24.3 Å². The van der Waals surface area contributed by atoms with Gasteiger partial charge in [-0.15, -0.1) is 0 Å². The Labute approximate surface area is 108 Å². The maximum Gasteiger partial charge on any atom is 0.168 e. The number of hydrogen-bond donors (Lipinski definition) is 0. The molecule has 18 heavy (non-hydrogen) atoms. The molecule has 1 aliphatic rings. The molecule has 0 radical (unpaired) electrons. The second-order valence-electron chi connectivity index (χ2n) is 4.54. The van der Waals surface area contributed by atoms with Crippen molar-refractivity contribution in [2.45, 2.75) is 32.8 Å². The second-order valence-corrected chi connectivity index (χ2v) is 4.54. The fourth-order valence-corrected chi connectivity index (χ4v) is 2.47. The van der Waals surface area contributed by atoms with Crippen molar-refractivity contribution in [1.29, 1.82) is 0 Å². The molecule has 1 aliphatic heterocycles. The van der Waals surface area contributed by atoms with Gasteiger partial charge in [-0.1, -0.05) is 19.1 Å². The molecule has 2 rings (SSSR count). The minimum atomic E-state index is 0.00637. The highest BCUT2D eigenvalue weighted by atomic mass is 16.5. The van der Waals surface area contributed by atoms with E-state index in [1.54, 1.807) is 0 Å². The fourth-order valence-electron chi connectivity index (χ4n) is 2.47. The highest BCUT2D eigenvalue weighted by Crippen LogP contribution is 2.28. The Morgan fingerprint density at radius 3 is 3.00 bits per heavy atom. The quantitative estimate of drug-likeness (QED) is 0.751. The van der Waals surface area contributed by atoms with E-state index < -0.39 is 0 Å². The van der Waals surface area contributed by atoms with E-state index in [9.17, 15) is 4.79 Å². The Hall–Kier alpha value is -1.35. The van der Waals surface area contributed by atoms with Crippen LogP contribution in [-0.4, -0.2) is 25.1 Å². The van der Waals surface area contributed by atoms with Gasteiger partial charge in [-0.2, -0.15) is 0 Å². The molecule has 3 nitrogen and oxygen atoms in total. The third-order valence-electron chi connectivity index (χ3n) is 3.38. The summed E-state index contributed by atoms with van der Waals surface area (Å²) in [4.78, 5) is 12.4. The predicted octanol–water partition coefficient (Wildman–Crippen LogP) is 3.08. The lowest BCUT2D eigenvalue weighted by Crippen LogP contribution is -2.23. The first-order chi connectivity index (χ1) is 8.76. The Kier molecular flexibility index (Phi) is 4.37. The van der Waals surface area contributed by atoms with Crippen molar-refractivity contribution in [2.75, 3.05) is 13.2 Å². The van der Waals surface area contributed by atoms with Crippen molar-refractivity contribution in [1.82, 2.24) is 0 Å². The minimum absolute atomic E-state index is 0.00637. The molecule has 3 heteroatoms. The van der Waals surface area contributed by atoms with E-state index in [2.05, 4.69) is 6.92 Å². The average Bonchev–Trinajstić information content (AvgIpc) is 2.87. The van der Waals surface area contributed by atoms with Gasteiger partial charge < -0.3 is 9.47 Å². The maximum atomic E-state index is 12.4. The van der Waals surface area contributed by atoms with Crippen molar-refractivity contribution in [3.8, 4) is 5.75 Å². The third-order valence-corrected chi connectivity index (χ3v) is 3.38. The van der Waals surface area contributed by atoms with E-state index in [0.717, 1.165) is 24.2 Å². The van der Waals surface area contributed by atoms with Crippen LogP contribution < -0.4 is 4.74 Å². The van der Waals surface area contributed by atoms with E-state index >= 15 is 0 Å². The molecule has 1 heterocycles. The molecular formula is C15H20O3. The van der Waals surface area contributed by atoms with Gasteiger partial charge in [-0.25, -0.2) is 0 Å². The van der Waals surface area contributed by atoms with Crippen LogP contribution in [0.5, 0.6) is 5.75 Å². The molecule has 98 valence electrons. The number of ether oxygens (including phenoxy) is 2. The zero-order valence-corrected chi connectivity index (χ0v) is 11.0. The molecule has 2 atom stereocenters. The summed E-state index contributed by atoms with van der Waals surface area (Å²) in [6.45, 7) is 5.31. The molecule has 0 saturated carbocycles. The highest BCUT2D eigenvalue weighted by Gasteiger charge is 2.33. The third kappa shape index (κ3) is 2.72. The number of Topliss-reactive ketones (excluding diaryl/α,β-unsaturated/α-hetero) is 1. The van der Waals surface area contributed by atoms with Crippen molar-refractivity contribution in [3.05, 3.63) is 29.8 Å². The SMILES string of the molecule is CCOc1cccc(C(=O)C2CCOC2CC)c1. The molecule has 0 aliphatic carbocycles. The van der Waals surface area contributed by atoms with Gasteiger partial charge in [0.15, 0.2) is 5.78 Å². The summed E-state index contributed by atoms with van der Waals surface area (Å²) in [5.41, 5.74) is 0.731. The van der Waals surface area contributed by atoms with E-state index in [1.807, 2.05) is 31.2 Å². The molecule has 0 aromatic heterocycles. The molecule has 1 saturated heterocycles. The number of hydrogen-bond acceptors (Lipinski definition) is 3. The Morgan fingerprint density at radius 1 is 1.44 bits per heavy atom. The van der Waals surface area contributed by atoms with Crippen LogP contribution in [0.4, 0.5) is 0 Å². The molecule has 1 fully saturated rings. The van der Waals surface area contributed by atoms with Crippen molar-refractivity contribution in [2.24, 2.45) is 5.92 Å². The molecular weight excluding hydrogens is 228 g/mol. The first-order valence-electron chi connectivity index (χ1n) is 6.65. The summed E-state index contributed by atoms with van der Waals surface area (Å²) < 4.78 is 11.0. The van der Waals surface area contributed by atoms with Gasteiger partial charge in [0.05, 0.1) is 18.6 Å². The topological polar surface area (TPSA) is 35.5 Å². The van der Waals surface area contributed by atoms with Crippen LogP contribution in [0.25, 0.3) is 0 Å². The van der Waals surface area contributed by atoms with Gasteiger partial charge in [0, 0.05) is 12.2 Å². The summed E-state index contributed by atoms with van der Waals surface area (Å²) in [6, 6.07) is 7.44. The second kappa shape index (κ2) is 6.01. The molecule has 0 spiro atoms. The smallest absolute Gasteiger partial charge is 0.168 e. The molecule has 1 aromatic rings. The lowest BCUT2D eigenvalue weighted by Gasteiger charge is -2.16. The Balaban J connectivity index is 2.15. The van der Waals surface area contributed by atoms with E-state index in [0.29, 0.717) is 13.2 Å². The molecule has 0 bridgehead atoms. The van der Waals surface area contributed by atoms with Crippen LogP contribution in [0.1, 0.15) is 37.0 Å². The van der Waals surface area contributed by atoms with Gasteiger partial charge in [-0.3, -0.25) is 4.79 Å². The monoisotopic (exact) mass is 248 g/mol. The van der Waals surface area contributed by atoms with Crippen LogP contribution in [0.2, 0.25) is 0 Å². The molecule has 0 N–H and O–H groups in total. The fraction of sp³-hybridized carbons (Fsp3) is 0.533. The summed E-state index contributed by atoms with van der Waals surface area (Å²) >= 11 is 0. The molecule has 2 unspecified atom stereocenters. The first kappa shape index (κ1) is 13.1. The van der Waals surface area contributed by atoms with Crippen LogP contribution in [-0.2, 0) is 4.74 Å². The molecule has 0 amide bonds. The van der Waals surface area contributed by atoms with Gasteiger partial charge in [-0.05, 0) is 31.9 Å². The van der Waals surface area contributed by atoms with E-state index in [4.69, 9.17) is 9.47 Å². The largest absolute Gasteiger partial charge is 0.494 e. The summed E-state index contributed by atoms with van der Waals surface area (Å²) in [6.07, 6.45) is 1.80. The highest BCUT2D eigenvalue weighted by molar-refractivity contribution is 5.98. The van der Waals surface area contributed by atoms with E-state index in [-0.39, 0.29) is 17.8 Å². The van der Waals surface area contributed by atoms with Crippen molar-refractivity contribution in [3.63, 3.8) is 0 Å². The zero-order chi connectivity index (χ0) is 13.0. The lowest BCUT2D eigenvalue weighted by atomic mass is 9.90. The maximum absolute atomic E-state index is 12.4. The Bertz CT molecular complexity index is 414. The standard InChI is InChI=1S/C15H20O3/c1-3-14-13(8-9-18-14)15(16)11-6-5-7-12(10-11)17-4-2/h5-7,10,13-14H,3-4,8-9H2,1-2H3. The van der Waals surface area contributed by atoms with Gasteiger partial charge in [0.2, 0.25) is 0 Å². The van der Waals surface area contributed by atoms with Crippen LogP contribution >= 0.6 is 0 Å². The first-order valence-corrected chi connectivity index (χ1v) is 6.65. The number of benzene rings is 1. The number of rotatable bonds is 5. The zero-order valence-electron chi connectivity index (χ0n) is 11.0. The van der Waals surface area contributed by atoms with Crippen molar-refractivity contribution < 1.29 is 14.3 Å². The minimum Gasteiger partial charge on any atom is -0.494 e. The van der Waals surface area contributed by atoms with Crippen molar-refractivity contribution >= 4 is 5.78 Å². The number of ketones is 1. The number of carbonyl (C=O) groups is 1. The van der Waals surface area contributed by atoms with E-state index in [1.165, 1.54) is 0 Å². The summed E-state index contributed by atoms with van der Waals surface area (Å²) in [5, 5.41) is 0. The average molecular weight is 248 g/mol. The van der Waals surface area contributed by atoms with Gasteiger partial charge in [0.1, 0.15) is 5.75 Å². The normalized spacial score (nSPS) is 23.0. The predicted molar refractivity (Wildman–Crippen MR) is 70.1 cm³/mol. The van der Waals surface area contributed by atoms with Gasteiger partial charge >= 0.3 is 0 Å². The number of carbonyl (C=O) groups excluding carboxylic acids is 1. The van der Waals surface area contributed by atoms with Crippen LogP contribution in [0.3, 0.4) is 0 Å². The molecule has 1 aromatic carbocycles. The Morgan fingerprint density at radius 2 is 2.28 bits per heavy atom. The van der Waals surface area contributed by atoms with Gasteiger partial charge in [0.25, 0.3) is 0 Å². The summed E-state index contributed by atoms with van der Waals surface area (Å²) in [7, 11) is 0.